The Morgan fingerprint density at radius 1 is 1.10 bits per heavy atom. The number of rotatable bonds is 4. The molecule has 0 saturated carbocycles. The molecule has 3 rings (SSSR count). The number of likely N-dealkylation sites (tertiary alicyclic amines) is 1. The van der Waals surface area contributed by atoms with Crippen LogP contribution in [0.15, 0.2) is 36.7 Å². The Bertz CT molecular complexity index is 550. The average Bonchev–Trinajstić information content (AvgIpc) is 3.18. The smallest absolute Gasteiger partial charge is 0.0568 e. The van der Waals surface area contributed by atoms with Crippen molar-refractivity contribution in [2.45, 2.75) is 39.3 Å². The van der Waals surface area contributed by atoms with Crippen LogP contribution in [0.5, 0.6) is 0 Å². The second kappa shape index (κ2) is 5.80. The summed E-state index contributed by atoms with van der Waals surface area (Å²) in [5.74, 6) is 0. The van der Waals surface area contributed by atoms with Crippen molar-refractivity contribution in [3.05, 3.63) is 42.2 Å². The first-order valence-electron chi connectivity index (χ1n) is 7.65. The van der Waals surface area contributed by atoms with E-state index in [1.54, 1.807) is 0 Å². The molecule has 1 aromatic carbocycles. The fourth-order valence-corrected chi connectivity index (χ4v) is 2.98. The highest BCUT2D eigenvalue weighted by Gasteiger charge is 2.19. The van der Waals surface area contributed by atoms with Crippen LogP contribution in [0, 0.1) is 0 Å². The third kappa shape index (κ3) is 2.63. The van der Waals surface area contributed by atoms with E-state index in [-0.39, 0.29) is 0 Å². The van der Waals surface area contributed by atoms with Crippen LogP contribution in [0.1, 0.15) is 38.3 Å². The molecule has 0 radical (unpaired) electrons. The maximum atomic E-state index is 4.34. The summed E-state index contributed by atoms with van der Waals surface area (Å²) < 4.78 is 1.97. The van der Waals surface area contributed by atoms with Gasteiger partial charge in [-0.05, 0) is 50.9 Å². The number of aryl methyl sites for hydroxylation is 1. The molecule has 0 spiro atoms. The quantitative estimate of drug-likeness (QED) is 0.843. The molecule has 106 valence electrons. The number of hydrogen-bond donors (Lipinski definition) is 0. The molecule has 3 nitrogen and oxygen atoms in total. The second-order valence-corrected chi connectivity index (χ2v) is 5.63. The monoisotopic (exact) mass is 269 g/mol. The summed E-state index contributed by atoms with van der Waals surface area (Å²) in [4.78, 5) is 2.57. The largest absolute Gasteiger partial charge is 0.297 e. The van der Waals surface area contributed by atoms with Crippen molar-refractivity contribution in [1.82, 2.24) is 14.7 Å². The second-order valence-electron chi connectivity index (χ2n) is 5.63. The lowest BCUT2D eigenvalue weighted by atomic mass is 10.0. The highest BCUT2D eigenvalue weighted by Crippen LogP contribution is 2.27. The maximum Gasteiger partial charge on any atom is 0.0568 e. The number of nitrogens with zero attached hydrogens (tertiary/aromatic N) is 3. The molecule has 20 heavy (non-hydrogen) atoms. The topological polar surface area (TPSA) is 21.1 Å². The van der Waals surface area contributed by atoms with E-state index < -0.39 is 0 Å². The van der Waals surface area contributed by atoms with Gasteiger partial charge in [-0.1, -0.05) is 24.3 Å². The fourth-order valence-electron chi connectivity index (χ4n) is 2.98. The molecule has 2 aromatic rings. The van der Waals surface area contributed by atoms with Crippen LogP contribution in [0.25, 0.3) is 11.1 Å². The van der Waals surface area contributed by atoms with Gasteiger partial charge in [-0.25, -0.2) is 0 Å². The molecule has 1 fully saturated rings. The molecule has 3 heteroatoms. The van der Waals surface area contributed by atoms with E-state index >= 15 is 0 Å². The SMILES string of the molecule is CCn1cc(-c2ccc([C@@H](C)N3CCCC3)cc2)cn1. The van der Waals surface area contributed by atoms with E-state index in [2.05, 4.69) is 54.3 Å². The van der Waals surface area contributed by atoms with Gasteiger partial charge in [0, 0.05) is 24.3 Å². The summed E-state index contributed by atoms with van der Waals surface area (Å²) in [6, 6.07) is 9.51. The first-order valence-corrected chi connectivity index (χ1v) is 7.65. The summed E-state index contributed by atoms with van der Waals surface area (Å²) in [6.45, 7) is 7.83. The van der Waals surface area contributed by atoms with Gasteiger partial charge < -0.3 is 0 Å². The van der Waals surface area contributed by atoms with Gasteiger partial charge in [0.15, 0.2) is 0 Å². The summed E-state index contributed by atoms with van der Waals surface area (Å²) >= 11 is 0. The van der Waals surface area contributed by atoms with Gasteiger partial charge in [0.05, 0.1) is 6.20 Å². The lowest BCUT2D eigenvalue weighted by Gasteiger charge is -2.24. The lowest BCUT2D eigenvalue weighted by molar-refractivity contribution is 0.263. The zero-order valence-electron chi connectivity index (χ0n) is 12.4. The standard InChI is InChI=1S/C17H23N3/c1-3-20-13-17(12-18-20)16-8-6-15(7-9-16)14(2)19-10-4-5-11-19/h6-9,12-14H,3-5,10-11H2,1-2H3/t14-/m1/s1. The summed E-state index contributed by atoms with van der Waals surface area (Å²) in [5, 5.41) is 4.34. The zero-order valence-corrected chi connectivity index (χ0v) is 12.4. The Morgan fingerprint density at radius 3 is 2.40 bits per heavy atom. The van der Waals surface area contributed by atoms with Crippen molar-refractivity contribution in [3.63, 3.8) is 0 Å². The van der Waals surface area contributed by atoms with Gasteiger partial charge in [-0.15, -0.1) is 0 Å². The van der Waals surface area contributed by atoms with E-state index in [0.29, 0.717) is 6.04 Å². The van der Waals surface area contributed by atoms with Crippen LogP contribution in [0.4, 0.5) is 0 Å². The minimum absolute atomic E-state index is 0.532. The molecule has 1 saturated heterocycles. The zero-order chi connectivity index (χ0) is 13.9. The van der Waals surface area contributed by atoms with Crippen molar-refractivity contribution >= 4 is 0 Å². The van der Waals surface area contributed by atoms with Crippen LogP contribution in [0.3, 0.4) is 0 Å². The molecule has 1 atom stereocenters. The first-order chi connectivity index (χ1) is 9.78. The molecule has 1 aromatic heterocycles. The highest BCUT2D eigenvalue weighted by atomic mass is 15.3. The van der Waals surface area contributed by atoms with Gasteiger partial charge in [-0.3, -0.25) is 9.58 Å². The molecule has 1 aliphatic heterocycles. The molecule has 0 N–H and O–H groups in total. The third-order valence-corrected chi connectivity index (χ3v) is 4.37. The number of aromatic nitrogens is 2. The Kier molecular flexibility index (Phi) is 3.88. The molecule has 0 aliphatic carbocycles. The molecular weight excluding hydrogens is 246 g/mol. The normalized spacial score (nSPS) is 17.5. The molecule has 0 bridgehead atoms. The minimum Gasteiger partial charge on any atom is -0.297 e. The number of benzene rings is 1. The molecule has 1 aliphatic rings. The van der Waals surface area contributed by atoms with Crippen molar-refractivity contribution in [2.75, 3.05) is 13.1 Å². The Labute approximate surface area is 121 Å². The highest BCUT2D eigenvalue weighted by molar-refractivity contribution is 5.62. The predicted molar refractivity (Wildman–Crippen MR) is 82.6 cm³/mol. The average molecular weight is 269 g/mol. The first kappa shape index (κ1) is 13.4. The van der Waals surface area contributed by atoms with Crippen molar-refractivity contribution < 1.29 is 0 Å². The van der Waals surface area contributed by atoms with E-state index in [9.17, 15) is 0 Å². The Balaban J connectivity index is 1.76. The van der Waals surface area contributed by atoms with Gasteiger partial charge in [-0.2, -0.15) is 5.10 Å². The van der Waals surface area contributed by atoms with Crippen LogP contribution >= 0.6 is 0 Å². The summed E-state index contributed by atoms with van der Waals surface area (Å²) in [5.41, 5.74) is 3.87. The third-order valence-electron chi connectivity index (χ3n) is 4.37. The van der Waals surface area contributed by atoms with Crippen LogP contribution in [-0.4, -0.2) is 27.8 Å². The summed E-state index contributed by atoms with van der Waals surface area (Å²) in [6.07, 6.45) is 6.75. The minimum atomic E-state index is 0.532. The predicted octanol–water partition coefficient (Wildman–Crippen LogP) is 3.73. The fraction of sp³-hybridized carbons (Fsp3) is 0.471. The van der Waals surface area contributed by atoms with Gasteiger partial charge in [0.1, 0.15) is 0 Å². The molecule has 0 amide bonds. The van der Waals surface area contributed by atoms with Crippen LogP contribution < -0.4 is 0 Å². The molecular formula is C17H23N3. The van der Waals surface area contributed by atoms with Gasteiger partial charge >= 0.3 is 0 Å². The lowest BCUT2D eigenvalue weighted by Crippen LogP contribution is -2.23. The molecule has 2 heterocycles. The maximum absolute atomic E-state index is 4.34. The number of hydrogen-bond acceptors (Lipinski definition) is 2. The summed E-state index contributed by atoms with van der Waals surface area (Å²) in [7, 11) is 0. The van der Waals surface area contributed by atoms with Crippen molar-refractivity contribution in [1.29, 1.82) is 0 Å². The van der Waals surface area contributed by atoms with Crippen LogP contribution in [-0.2, 0) is 6.54 Å². The van der Waals surface area contributed by atoms with Gasteiger partial charge in [0.2, 0.25) is 0 Å². The van der Waals surface area contributed by atoms with E-state index in [1.807, 2.05) is 10.9 Å². The van der Waals surface area contributed by atoms with Gasteiger partial charge in [0.25, 0.3) is 0 Å². The van der Waals surface area contributed by atoms with Crippen molar-refractivity contribution in [2.24, 2.45) is 0 Å². The Hall–Kier alpha value is -1.61. The van der Waals surface area contributed by atoms with E-state index in [0.717, 1.165) is 6.54 Å². The van der Waals surface area contributed by atoms with Crippen LogP contribution in [0.2, 0.25) is 0 Å². The van der Waals surface area contributed by atoms with Crippen molar-refractivity contribution in [3.8, 4) is 11.1 Å². The molecule has 0 unspecified atom stereocenters. The Morgan fingerprint density at radius 2 is 1.80 bits per heavy atom. The van der Waals surface area contributed by atoms with E-state index in [4.69, 9.17) is 0 Å². The van der Waals surface area contributed by atoms with E-state index in [1.165, 1.54) is 42.6 Å².